The number of rotatable bonds is 4. The number of carbonyl (C=O) groups excluding carboxylic acids is 1. The minimum absolute atomic E-state index is 0.0661. The van der Waals surface area contributed by atoms with Gasteiger partial charge in [-0.2, -0.15) is 0 Å². The molecule has 2 aliphatic heterocycles. The van der Waals surface area contributed by atoms with Gasteiger partial charge in [-0.05, 0) is 42.7 Å². The summed E-state index contributed by atoms with van der Waals surface area (Å²) in [7, 11) is -3.42. The van der Waals surface area contributed by atoms with Crippen LogP contribution in [-0.2, 0) is 20.2 Å². The van der Waals surface area contributed by atoms with Gasteiger partial charge in [-0.25, -0.2) is 12.8 Å². The molecular weight excluding hydrogens is 393 g/mol. The minimum Gasteiger partial charge on any atom is -0.351 e. The van der Waals surface area contributed by atoms with Gasteiger partial charge in [-0.15, -0.1) is 4.40 Å². The Hall–Kier alpha value is -2.48. The van der Waals surface area contributed by atoms with E-state index in [0.717, 1.165) is 31.2 Å². The Bertz CT molecular complexity index is 991. The molecule has 6 nitrogen and oxygen atoms in total. The molecule has 8 heteroatoms. The molecule has 1 aliphatic carbocycles. The molecule has 1 N–H and O–H groups in total. The summed E-state index contributed by atoms with van der Waals surface area (Å²) < 4.78 is 40.3. The van der Waals surface area contributed by atoms with Gasteiger partial charge in [0, 0.05) is 24.7 Å². The predicted octanol–water partition coefficient (Wildman–Crippen LogP) is 2.64. The Morgan fingerprint density at radius 1 is 1.14 bits per heavy atom. The number of nitrogens with one attached hydrogen (secondary N) is 1. The lowest BCUT2D eigenvalue weighted by Gasteiger charge is -2.38. The molecule has 0 saturated heterocycles. The Morgan fingerprint density at radius 2 is 1.86 bits per heavy atom. The Labute approximate surface area is 170 Å². The van der Waals surface area contributed by atoms with Crippen molar-refractivity contribution in [1.29, 1.82) is 0 Å². The molecule has 0 radical (unpaired) electrons. The lowest BCUT2D eigenvalue weighted by Crippen LogP contribution is -2.43. The van der Waals surface area contributed by atoms with E-state index in [9.17, 15) is 17.6 Å². The van der Waals surface area contributed by atoms with Crippen LogP contribution in [-0.4, -0.2) is 43.9 Å². The number of benzene rings is 1. The fourth-order valence-electron chi connectivity index (χ4n) is 4.29. The zero-order chi connectivity index (χ0) is 20.5. The van der Waals surface area contributed by atoms with Gasteiger partial charge < -0.3 is 10.2 Å². The highest BCUT2D eigenvalue weighted by Gasteiger charge is 2.34. The lowest BCUT2D eigenvalue weighted by atomic mass is 9.69. The third kappa shape index (κ3) is 4.27. The van der Waals surface area contributed by atoms with Gasteiger partial charge in [0.2, 0.25) is 0 Å². The third-order valence-corrected chi connectivity index (χ3v) is 7.10. The second-order valence-electron chi connectivity index (χ2n) is 7.88. The number of halogens is 1. The lowest BCUT2D eigenvalue weighted by molar-refractivity contribution is -0.117. The summed E-state index contributed by atoms with van der Waals surface area (Å²) in [5.41, 5.74) is 1.34. The number of amidine groups is 1. The first-order chi connectivity index (χ1) is 13.9. The Balaban J connectivity index is 1.49. The van der Waals surface area contributed by atoms with E-state index in [-0.39, 0.29) is 29.4 Å². The summed E-state index contributed by atoms with van der Waals surface area (Å²) >= 11 is 0. The van der Waals surface area contributed by atoms with Gasteiger partial charge in [0.05, 0.1) is 11.3 Å². The second-order valence-corrected chi connectivity index (χ2v) is 9.63. The van der Waals surface area contributed by atoms with Crippen molar-refractivity contribution < 1.29 is 17.6 Å². The van der Waals surface area contributed by atoms with E-state index in [1.54, 1.807) is 23.3 Å². The van der Waals surface area contributed by atoms with Gasteiger partial charge in [-0.3, -0.25) is 4.79 Å². The molecule has 29 heavy (non-hydrogen) atoms. The van der Waals surface area contributed by atoms with E-state index in [0.29, 0.717) is 18.0 Å². The van der Waals surface area contributed by atoms with Crippen LogP contribution in [0, 0.1) is 5.82 Å². The summed E-state index contributed by atoms with van der Waals surface area (Å²) in [6.07, 6.45) is 10.0. The van der Waals surface area contributed by atoms with Crippen LogP contribution < -0.4 is 5.32 Å². The standard InChI is InChI=1S/C21H24FN3O3S/c22-18-7-5-17(6-8-18)21(10-2-1-3-11-21)15-23-20(26)16-4-9-19-24-29(27,28)13-12-25(19)14-16/h4-9,14H,1-3,10-13,15H2,(H,23,26). The van der Waals surface area contributed by atoms with Crippen LogP contribution >= 0.6 is 0 Å². The molecule has 0 bridgehead atoms. The molecule has 4 rings (SSSR count). The molecule has 1 aromatic rings. The van der Waals surface area contributed by atoms with E-state index in [1.807, 2.05) is 12.1 Å². The van der Waals surface area contributed by atoms with Crippen LogP contribution in [0.5, 0.6) is 0 Å². The van der Waals surface area contributed by atoms with Crippen molar-refractivity contribution >= 4 is 21.8 Å². The van der Waals surface area contributed by atoms with Gasteiger partial charge in [-0.1, -0.05) is 31.4 Å². The van der Waals surface area contributed by atoms with Gasteiger partial charge in [0.15, 0.2) is 0 Å². The zero-order valence-electron chi connectivity index (χ0n) is 16.1. The first-order valence-corrected chi connectivity index (χ1v) is 11.5. The van der Waals surface area contributed by atoms with Gasteiger partial charge in [0.1, 0.15) is 11.7 Å². The molecule has 1 aromatic carbocycles. The zero-order valence-corrected chi connectivity index (χ0v) is 16.9. The van der Waals surface area contributed by atoms with Crippen LogP contribution in [0.2, 0.25) is 0 Å². The molecule has 0 aromatic heterocycles. The normalized spacial score (nSPS) is 22.3. The van der Waals surface area contributed by atoms with Crippen molar-refractivity contribution in [3.8, 4) is 0 Å². The van der Waals surface area contributed by atoms with Gasteiger partial charge >= 0.3 is 0 Å². The Morgan fingerprint density at radius 3 is 2.59 bits per heavy atom. The number of hydrogen-bond donors (Lipinski definition) is 1. The fraction of sp³-hybridized carbons (Fsp3) is 0.429. The van der Waals surface area contributed by atoms with E-state index in [4.69, 9.17) is 0 Å². The first-order valence-electron chi connectivity index (χ1n) is 9.90. The monoisotopic (exact) mass is 417 g/mol. The van der Waals surface area contributed by atoms with Crippen LogP contribution in [0.4, 0.5) is 4.39 Å². The number of carbonyl (C=O) groups is 1. The molecule has 0 unspecified atom stereocenters. The predicted molar refractivity (Wildman–Crippen MR) is 109 cm³/mol. The minimum atomic E-state index is -3.42. The molecule has 0 atom stereocenters. The van der Waals surface area contributed by atoms with Crippen molar-refractivity contribution in [2.45, 2.75) is 37.5 Å². The number of hydrogen-bond acceptors (Lipinski definition) is 4. The maximum absolute atomic E-state index is 13.4. The molecule has 3 aliphatic rings. The highest BCUT2D eigenvalue weighted by Crippen LogP contribution is 2.39. The van der Waals surface area contributed by atoms with Crippen LogP contribution in [0.1, 0.15) is 37.7 Å². The summed E-state index contributed by atoms with van der Waals surface area (Å²) in [6.45, 7) is 0.764. The summed E-state index contributed by atoms with van der Waals surface area (Å²) in [5, 5.41) is 3.05. The van der Waals surface area contributed by atoms with E-state index in [2.05, 4.69) is 9.71 Å². The molecule has 1 fully saturated rings. The Kier molecular flexibility index (Phi) is 5.29. The van der Waals surface area contributed by atoms with Crippen molar-refractivity contribution in [2.24, 2.45) is 4.40 Å². The number of amides is 1. The molecule has 2 heterocycles. The number of sulfonamides is 1. The molecular formula is C21H24FN3O3S. The van der Waals surface area contributed by atoms with Crippen LogP contribution in [0.3, 0.4) is 0 Å². The smallest absolute Gasteiger partial charge is 0.256 e. The highest BCUT2D eigenvalue weighted by molar-refractivity contribution is 7.90. The van der Waals surface area contributed by atoms with E-state index < -0.39 is 10.0 Å². The maximum Gasteiger partial charge on any atom is 0.256 e. The molecule has 154 valence electrons. The average molecular weight is 418 g/mol. The largest absolute Gasteiger partial charge is 0.351 e. The SMILES string of the molecule is O=C(NCC1(c2ccc(F)cc2)CCCCC1)C1=CN2CCS(=O)(=O)N=C2C=C1. The number of nitrogens with zero attached hydrogens (tertiary/aromatic N) is 2. The van der Waals surface area contributed by atoms with Crippen LogP contribution in [0.25, 0.3) is 0 Å². The topological polar surface area (TPSA) is 78.8 Å². The van der Waals surface area contributed by atoms with Crippen LogP contribution in [0.15, 0.2) is 52.6 Å². The van der Waals surface area contributed by atoms with E-state index >= 15 is 0 Å². The second kappa shape index (κ2) is 7.74. The molecule has 0 spiro atoms. The average Bonchev–Trinajstić information content (AvgIpc) is 2.72. The van der Waals surface area contributed by atoms with E-state index in [1.165, 1.54) is 18.6 Å². The third-order valence-electron chi connectivity index (χ3n) is 5.94. The quantitative estimate of drug-likeness (QED) is 0.817. The van der Waals surface area contributed by atoms with Crippen molar-refractivity contribution in [3.63, 3.8) is 0 Å². The molecule has 1 saturated carbocycles. The summed E-state index contributed by atoms with van der Waals surface area (Å²) in [4.78, 5) is 14.5. The van der Waals surface area contributed by atoms with Crippen molar-refractivity contribution in [3.05, 3.63) is 59.6 Å². The summed E-state index contributed by atoms with van der Waals surface area (Å²) in [5.74, 6) is -0.199. The van der Waals surface area contributed by atoms with Crippen molar-refractivity contribution in [1.82, 2.24) is 10.2 Å². The highest BCUT2D eigenvalue weighted by atomic mass is 32.2. The molecule has 1 amide bonds. The summed E-state index contributed by atoms with van der Waals surface area (Å²) in [6, 6.07) is 6.60. The first kappa shape index (κ1) is 19.8. The maximum atomic E-state index is 13.4. The van der Waals surface area contributed by atoms with Crippen molar-refractivity contribution in [2.75, 3.05) is 18.8 Å². The number of fused-ring (bicyclic) bond motifs is 1. The fourth-order valence-corrected chi connectivity index (χ4v) is 5.26. The van der Waals surface area contributed by atoms with Gasteiger partial charge in [0.25, 0.3) is 15.9 Å².